The van der Waals surface area contributed by atoms with E-state index in [1.165, 1.54) is 27.4 Å². The Morgan fingerprint density at radius 2 is 1.96 bits per heavy atom. The van der Waals surface area contributed by atoms with Gasteiger partial charge in [-0.2, -0.15) is 4.31 Å². The first kappa shape index (κ1) is 19.7. The fraction of sp³-hybridized carbons (Fsp3) is 0.529. The van der Waals surface area contributed by atoms with Crippen LogP contribution in [0, 0.1) is 5.82 Å². The van der Waals surface area contributed by atoms with Gasteiger partial charge in [0.05, 0.1) is 4.90 Å². The maximum atomic E-state index is 13.3. The van der Waals surface area contributed by atoms with Crippen LogP contribution in [0.5, 0.6) is 0 Å². The van der Waals surface area contributed by atoms with Crippen molar-refractivity contribution >= 4 is 21.9 Å². The molecule has 0 bridgehead atoms. The standard InChI is InChI=1S/C17H21FN2O6S/c18-13-3-1-4-14(11-13)27(23,24)20-8-6-19(7-9-20)16(21)12-26-17(22)15-5-2-10-25-15/h1,3-4,11,15H,2,5-10,12H2/t15-/m0/s1. The van der Waals surface area contributed by atoms with Crippen LogP contribution in [-0.2, 0) is 29.1 Å². The highest BCUT2D eigenvalue weighted by molar-refractivity contribution is 7.89. The lowest BCUT2D eigenvalue weighted by Crippen LogP contribution is -2.51. The molecule has 2 saturated heterocycles. The first-order valence-electron chi connectivity index (χ1n) is 8.69. The lowest BCUT2D eigenvalue weighted by Gasteiger charge is -2.33. The van der Waals surface area contributed by atoms with Gasteiger partial charge in [0.25, 0.3) is 5.91 Å². The van der Waals surface area contributed by atoms with Crippen LogP contribution in [0.4, 0.5) is 4.39 Å². The summed E-state index contributed by atoms with van der Waals surface area (Å²) in [4.78, 5) is 25.3. The Balaban J connectivity index is 1.50. The number of ether oxygens (including phenoxy) is 2. The molecule has 148 valence electrons. The fourth-order valence-corrected chi connectivity index (χ4v) is 4.49. The monoisotopic (exact) mass is 400 g/mol. The summed E-state index contributed by atoms with van der Waals surface area (Å²) in [7, 11) is -3.82. The van der Waals surface area contributed by atoms with Crippen molar-refractivity contribution in [2.45, 2.75) is 23.8 Å². The summed E-state index contributed by atoms with van der Waals surface area (Å²) in [5.41, 5.74) is 0. The average molecular weight is 400 g/mol. The summed E-state index contributed by atoms with van der Waals surface area (Å²) in [6.45, 7) is 0.634. The zero-order valence-electron chi connectivity index (χ0n) is 14.7. The van der Waals surface area contributed by atoms with Crippen LogP contribution in [0.15, 0.2) is 29.2 Å². The van der Waals surface area contributed by atoms with E-state index < -0.39 is 34.5 Å². The van der Waals surface area contributed by atoms with E-state index >= 15 is 0 Å². The predicted molar refractivity (Wildman–Crippen MR) is 91.7 cm³/mol. The Bertz CT molecular complexity index is 801. The molecular weight excluding hydrogens is 379 g/mol. The van der Waals surface area contributed by atoms with E-state index in [1.807, 2.05) is 0 Å². The van der Waals surface area contributed by atoms with Crippen LogP contribution in [0.25, 0.3) is 0 Å². The van der Waals surface area contributed by atoms with Crippen LogP contribution in [-0.4, -0.2) is 75.0 Å². The van der Waals surface area contributed by atoms with Crippen molar-refractivity contribution in [3.63, 3.8) is 0 Å². The van der Waals surface area contributed by atoms with Gasteiger partial charge in [0.15, 0.2) is 12.7 Å². The molecule has 8 nitrogen and oxygen atoms in total. The van der Waals surface area contributed by atoms with E-state index in [0.717, 1.165) is 12.5 Å². The molecule has 0 saturated carbocycles. The second kappa shape index (κ2) is 8.32. The van der Waals surface area contributed by atoms with Gasteiger partial charge in [0.2, 0.25) is 10.0 Å². The molecule has 1 amide bonds. The number of sulfonamides is 1. The Labute approximate surface area is 156 Å². The normalized spacial score (nSPS) is 21.2. The third kappa shape index (κ3) is 4.63. The second-order valence-corrected chi connectivity index (χ2v) is 8.29. The molecule has 0 aromatic heterocycles. The number of hydrogen-bond donors (Lipinski definition) is 0. The zero-order chi connectivity index (χ0) is 19.4. The number of halogens is 1. The summed E-state index contributed by atoms with van der Waals surface area (Å²) < 4.78 is 49.8. The van der Waals surface area contributed by atoms with Gasteiger partial charge in [-0.1, -0.05) is 6.07 Å². The molecule has 0 unspecified atom stereocenters. The van der Waals surface area contributed by atoms with Crippen molar-refractivity contribution in [3.05, 3.63) is 30.1 Å². The number of benzene rings is 1. The van der Waals surface area contributed by atoms with Crippen molar-refractivity contribution in [1.82, 2.24) is 9.21 Å². The number of carbonyl (C=O) groups excluding carboxylic acids is 2. The van der Waals surface area contributed by atoms with Gasteiger partial charge in [-0.05, 0) is 31.0 Å². The minimum absolute atomic E-state index is 0.0876. The third-order valence-electron chi connectivity index (χ3n) is 4.56. The summed E-state index contributed by atoms with van der Waals surface area (Å²) in [6.07, 6.45) is 0.769. The number of piperazine rings is 1. The molecule has 3 rings (SSSR count). The van der Waals surface area contributed by atoms with E-state index in [9.17, 15) is 22.4 Å². The maximum Gasteiger partial charge on any atom is 0.335 e. The summed E-state index contributed by atoms with van der Waals surface area (Å²) >= 11 is 0. The first-order chi connectivity index (χ1) is 12.9. The Hall–Kier alpha value is -2.04. The molecule has 10 heteroatoms. The molecule has 0 N–H and O–H groups in total. The summed E-state index contributed by atoms with van der Waals surface area (Å²) in [5.74, 6) is -1.56. The molecule has 2 aliphatic rings. The molecule has 1 atom stereocenters. The molecule has 0 aliphatic carbocycles. The highest BCUT2D eigenvalue weighted by Crippen LogP contribution is 2.19. The molecular formula is C17H21FN2O6S. The summed E-state index contributed by atoms with van der Waals surface area (Å²) in [5, 5.41) is 0. The fourth-order valence-electron chi connectivity index (χ4n) is 3.04. The quantitative estimate of drug-likeness (QED) is 0.664. The zero-order valence-corrected chi connectivity index (χ0v) is 15.5. The van der Waals surface area contributed by atoms with Crippen LogP contribution in [0.2, 0.25) is 0 Å². The molecule has 0 radical (unpaired) electrons. The van der Waals surface area contributed by atoms with Gasteiger partial charge in [0, 0.05) is 32.8 Å². The topological polar surface area (TPSA) is 93.2 Å². The number of hydrogen-bond acceptors (Lipinski definition) is 6. The molecule has 1 aromatic carbocycles. The van der Waals surface area contributed by atoms with Crippen LogP contribution in [0.1, 0.15) is 12.8 Å². The maximum absolute atomic E-state index is 13.3. The van der Waals surface area contributed by atoms with Crippen molar-refractivity contribution in [3.8, 4) is 0 Å². The van der Waals surface area contributed by atoms with Gasteiger partial charge in [-0.25, -0.2) is 17.6 Å². The lowest BCUT2D eigenvalue weighted by atomic mass is 10.2. The SMILES string of the molecule is O=C(OCC(=O)N1CCN(S(=O)(=O)c2cccc(F)c2)CC1)[C@@H]1CCCO1. The summed E-state index contributed by atoms with van der Waals surface area (Å²) in [6, 6.07) is 4.82. The molecule has 27 heavy (non-hydrogen) atoms. The largest absolute Gasteiger partial charge is 0.454 e. The Kier molecular flexibility index (Phi) is 6.08. The Morgan fingerprint density at radius 1 is 1.22 bits per heavy atom. The number of nitrogens with zero attached hydrogens (tertiary/aromatic N) is 2. The van der Waals surface area contributed by atoms with E-state index in [0.29, 0.717) is 13.0 Å². The van der Waals surface area contributed by atoms with E-state index in [1.54, 1.807) is 0 Å². The van der Waals surface area contributed by atoms with Gasteiger partial charge in [-0.3, -0.25) is 4.79 Å². The molecule has 2 heterocycles. The van der Waals surface area contributed by atoms with Crippen LogP contribution in [0.3, 0.4) is 0 Å². The van der Waals surface area contributed by atoms with Crippen LogP contribution >= 0.6 is 0 Å². The highest BCUT2D eigenvalue weighted by atomic mass is 32.2. The number of esters is 1. The van der Waals surface area contributed by atoms with E-state index in [-0.39, 0.29) is 37.0 Å². The van der Waals surface area contributed by atoms with E-state index in [2.05, 4.69) is 0 Å². The van der Waals surface area contributed by atoms with Crippen LogP contribution < -0.4 is 0 Å². The average Bonchev–Trinajstić information content (AvgIpc) is 3.21. The van der Waals surface area contributed by atoms with Gasteiger partial charge < -0.3 is 14.4 Å². The van der Waals surface area contributed by atoms with Crippen molar-refractivity contribution in [1.29, 1.82) is 0 Å². The second-order valence-electron chi connectivity index (χ2n) is 6.35. The molecule has 0 spiro atoms. The smallest absolute Gasteiger partial charge is 0.335 e. The minimum Gasteiger partial charge on any atom is -0.454 e. The van der Waals surface area contributed by atoms with Gasteiger partial charge >= 0.3 is 5.97 Å². The number of rotatable bonds is 5. The lowest BCUT2D eigenvalue weighted by molar-refractivity contribution is -0.160. The molecule has 2 aliphatic heterocycles. The molecule has 1 aromatic rings. The predicted octanol–water partition coefficient (Wildman–Crippen LogP) is 0.381. The van der Waals surface area contributed by atoms with Gasteiger partial charge in [-0.15, -0.1) is 0 Å². The highest BCUT2D eigenvalue weighted by Gasteiger charge is 2.31. The first-order valence-corrected chi connectivity index (χ1v) is 10.1. The van der Waals surface area contributed by atoms with Crippen molar-refractivity contribution < 1.29 is 31.9 Å². The minimum atomic E-state index is -3.82. The van der Waals surface area contributed by atoms with Crippen molar-refractivity contribution in [2.24, 2.45) is 0 Å². The van der Waals surface area contributed by atoms with Crippen molar-refractivity contribution in [2.75, 3.05) is 39.4 Å². The third-order valence-corrected chi connectivity index (χ3v) is 6.45. The number of amides is 1. The molecule has 2 fully saturated rings. The van der Waals surface area contributed by atoms with E-state index in [4.69, 9.17) is 9.47 Å². The van der Waals surface area contributed by atoms with Gasteiger partial charge in [0.1, 0.15) is 5.82 Å². The number of carbonyl (C=O) groups is 2. The Morgan fingerprint density at radius 3 is 2.59 bits per heavy atom.